The number of rotatable bonds is 6. The van der Waals surface area contributed by atoms with Gasteiger partial charge in [-0.3, -0.25) is 0 Å². The van der Waals surface area contributed by atoms with Crippen molar-refractivity contribution in [3.05, 3.63) is 259 Å². The summed E-state index contributed by atoms with van der Waals surface area (Å²) in [6.45, 7) is 0. The van der Waals surface area contributed by atoms with Gasteiger partial charge in [0.2, 0.25) is 0 Å². The first-order valence-electron chi connectivity index (χ1n) is 25.6. The molecule has 74 heavy (non-hydrogen) atoms. The van der Waals surface area contributed by atoms with Crippen LogP contribution in [-0.2, 0) is 0 Å². The van der Waals surface area contributed by atoms with E-state index in [2.05, 4.69) is 237 Å². The maximum absolute atomic E-state index is 5.62. The van der Waals surface area contributed by atoms with Crippen LogP contribution in [0.25, 0.3) is 139 Å². The second-order valence-electron chi connectivity index (χ2n) is 19.9. The summed E-state index contributed by atoms with van der Waals surface area (Å²) in [6.07, 6.45) is 3.36. The normalized spacial score (nSPS) is 13.8. The van der Waals surface area contributed by atoms with Gasteiger partial charge in [-0.05, 0) is 108 Å². The van der Waals surface area contributed by atoms with E-state index in [-0.39, 0.29) is 5.92 Å². The summed E-state index contributed by atoms with van der Waals surface area (Å²) in [5, 5.41) is 6.71. The van der Waals surface area contributed by atoms with Crippen LogP contribution < -0.4 is 0 Å². The Morgan fingerprint density at radius 1 is 0.297 bits per heavy atom. The molecule has 0 spiro atoms. The van der Waals surface area contributed by atoms with E-state index in [1.165, 1.54) is 60.9 Å². The van der Waals surface area contributed by atoms with Crippen molar-refractivity contribution in [2.75, 3.05) is 0 Å². The zero-order valence-corrected chi connectivity index (χ0v) is 40.1. The lowest BCUT2D eigenvalue weighted by atomic mass is 9.80. The summed E-state index contributed by atoms with van der Waals surface area (Å²) >= 11 is 0. The van der Waals surface area contributed by atoms with E-state index < -0.39 is 0 Å². The Bertz CT molecular complexity index is 4540. The molecule has 1 atom stereocenters. The maximum atomic E-state index is 5.62. The van der Waals surface area contributed by atoms with Gasteiger partial charge in [-0.25, -0.2) is 19.9 Å². The molecule has 13 aromatic rings. The molecule has 9 aromatic carbocycles. The van der Waals surface area contributed by atoms with E-state index in [4.69, 9.17) is 19.9 Å². The van der Waals surface area contributed by atoms with Gasteiger partial charge in [-0.2, -0.15) is 0 Å². The fourth-order valence-corrected chi connectivity index (χ4v) is 12.6. The average Bonchev–Trinajstić information content (AvgIpc) is 3.96. The Labute approximate surface area is 427 Å². The van der Waals surface area contributed by atoms with Gasteiger partial charge in [-0.15, -0.1) is 0 Å². The van der Waals surface area contributed by atoms with Gasteiger partial charge < -0.3 is 0 Å². The number of benzene rings is 9. The minimum atomic E-state index is 0.247. The molecular weight excluding hydrogens is 897 g/mol. The number of allylic oxidation sites excluding steroid dienone is 1. The van der Waals surface area contributed by atoms with Crippen molar-refractivity contribution in [2.45, 2.75) is 12.3 Å². The lowest BCUT2D eigenvalue weighted by molar-refractivity contribution is 0.839. The highest BCUT2D eigenvalue weighted by Crippen LogP contribution is 2.54. The third-order valence-electron chi connectivity index (χ3n) is 15.9. The number of fused-ring (bicyclic) bond motifs is 9. The van der Waals surface area contributed by atoms with Crippen LogP contribution in [0.4, 0.5) is 0 Å². The highest BCUT2D eigenvalue weighted by molar-refractivity contribution is 6.19. The molecule has 4 nitrogen and oxygen atoms in total. The zero-order chi connectivity index (χ0) is 48.4. The first-order valence-corrected chi connectivity index (χ1v) is 25.6. The van der Waals surface area contributed by atoms with Crippen LogP contribution in [0, 0.1) is 0 Å². The van der Waals surface area contributed by atoms with Crippen LogP contribution in [0.2, 0.25) is 0 Å². The van der Waals surface area contributed by atoms with Gasteiger partial charge in [0.1, 0.15) is 0 Å². The molecule has 0 N–H and O–H groups in total. The molecule has 342 valence electrons. The Morgan fingerprint density at radius 3 is 1.36 bits per heavy atom. The van der Waals surface area contributed by atoms with E-state index in [1.807, 2.05) is 0 Å². The fraction of sp³-hybridized carbons (Fsp3) is 0.0286. The van der Waals surface area contributed by atoms with Gasteiger partial charge in [0, 0.05) is 55.6 Å². The molecule has 0 amide bonds. The van der Waals surface area contributed by atoms with Crippen LogP contribution >= 0.6 is 0 Å². The molecule has 4 heteroatoms. The molecule has 16 rings (SSSR count). The lowest BCUT2D eigenvalue weighted by Gasteiger charge is -2.23. The standard InChI is InChI=1S/C70H42N4/c1-5-17-41(18-6-1)47-31-33-53-61-39-45-37-59(43-21-9-3-10-22-43)65(71-69(45)73-67(61)57-29-15-27-51(47)63(53)57)55-35-36-56(50-26-14-13-25-49(50)55)66-60(44-23-11-4-12-24-44)38-46-40-62-54-34-32-48(42-19-7-2-8-20-42)52-28-16-30-58(64(52)54)68(62)74-70(46)72-66/h1-33,35-40,54H,34H2. The molecule has 4 aromatic heterocycles. The quantitative estimate of drug-likeness (QED) is 0.167. The minimum Gasteiger partial charge on any atom is -0.228 e. The molecule has 0 saturated heterocycles. The highest BCUT2D eigenvalue weighted by Gasteiger charge is 2.36. The van der Waals surface area contributed by atoms with E-state index in [0.717, 1.165) is 107 Å². The first kappa shape index (κ1) is 41.0. The Morgan fingerprint density at radius 2 is 0.743 bits per heavy atom. The van der Waals surface area contributed by atoms with E-state index in [1.54, 1.807) is 0 Å². The molecule has 0 saturated carbocycles. The Kier molecular flexibility index (Phi) is 8.83. The summed E-state index contributed by atoms with van der Waals surface area (Å²) in [7, 11) is 0. The second-order valence-corrected chi connectivity index (χ2v) is 19.9. The van der Waals surface area contributed by atoms with Gasteiger partial charge in [0.15, 0.2) is 11.3 Å². The zero-order valence-electron chi connectivity index (χ0n) is 40.1. The van der Waals surface area contributed by atoms with E-state index in [9.17, 15) is 0 Å². The largest absolute Gasteiger partial charge is 0.228 e. The topological polar surface area (TPSA) is 51.6 Å². The van der Waals surface area contributed by atoms with Gasteiger partial charge in [-0.1, -0.05) is 212 Å². The Hall–Kier alpha value is -9.64. The van der Waals surface area contributed by atoms with Crippen LogP contribution in [-0.4, -0.2) is 19.9 Å². The van der Waals surface area contributed by atoms with E-state index >= 15 is 0 Å². The number of aromatic nitrogens is 4. The number of hydrogen-bond acceptors (Lipinski definition) is 4. The molecule has 0 fully saturated rings. The monoisotopic (exact) mass is 938 g/mol. The van der Waals surface area contributed by atoms with Crippen LogP contribution in [0.5, 0.6) is 0 Å². The molecule has 0 radical (unpaired) electrons. The Balaban J connectivity index is 0.875. The van der Waals surface area contributed by atoms with Crippen LogP contribution in [0.15, 0.2) is 237 Å². The van der Waals surface area contributed by atoms with Crippen molar-refractivity contribution < 1.29 is 0 Å². The first-order chi connectivity index (χ1) is 36.7. The summed E-state index contributed by atoms with van der Waals surface area (Å²) < 4.78 is 0. The second kappa shape index (κ2) is 15.9. The highest BCUT2D eigenvalue weighted by atomic mass is 14.9. The molecular formula is C70H42N4. The van der Waals surface area contributed by atoms with Crippen LogP contribution in [0.3, 0.4) is 0 Å². The van der Waals surface area contributed by atoms with Gasteiger partial charge >= 0.3 is 0 Å². The summed E-state index contributed by atoms with van der Waals surface area (Å²) in [6, 6.07) is 83.3. The van der Waals surface area contributed by atoms with Crippen molar-refractivity contribution in [3.63, 3.8) is 0 Å². The third kappa shape index (κ3) is 6.09. The number of pyridine rings is 4. The van der Waals surface area contributed by atoms with Gasteiger partial charge in [0.25, 0.3) is 0 Å². The number of nitrogens with zero attached hydrogens (tertiary/aromatic N) is 4. The SMILES string of the molecule is C1=C(c2ccccc2)c2cccc3c2C(C1)c1cc2cc(-c4ccccc4)c(-c4ccc(-c5nc6nc7c(cc6cc5-c5ccccc5)-c5ccc(-c6ccccc6)c6cccc-7c56)c5ccccc45)nc2nc1-3. The minimum absolute atomic E-state index is 0.247. The number of hydrogen-bond donors (Lipinski definition) is 0. The summed E-state index contributed by atoms with van der Waals surface area (Å²) in [5.74, 6) is 0.247. The van der Waals surface area contributed by atoms with Crippen molar-refractivity contribution >= 4 is 49.2 Å². The van der Waals surface area contributed by atoms with Crippen molar-refractivity contribution in [2.24, 2.45) is 0 Å². The van der Waals surface area contributed by atoms with Crippen molar-refractivity contribution in [1.82, 2.24) is 19.9 Å². The fourth-order valence-electron chi connectivity index (χ4n) is 12.6. The molecule has 4 heterocycles. The molecule has 0 bridgehead atoms. The molecule has 3 aliphatic rings. The van der Waals surface area contributed by atoms with Crippen molar-refractivity contribution in [1.29, 1.82) is 0 Å². The summed E-state index contributed by atoms with van der Waals surface area (Å²) in [5.41, 5.74) is 25.4. The smallest absolute Gasteiger partial charge is 0.160 e. The van der Waals surface area contributed by atoms with Crippen molar-refractivity contribution in [3.8, 4) is 89.5 Å². The molecule has 3 aliphatic carbocycles. The van der Waals surface area contributed by atoms with Gasteiger partial charge in [0.05, 0.1) is 22.8 Å². The predicted molar refractivity (Wildman–Crippen MR) is 305 cm³/mol. The predicted octanol–water partition coefficient (Wildman–Crippen LogP) is 17.8. The molecule has 1 unspecified atom stereocenters. The average molecular weight is 939 g/mol. The lowest BCUT2D eigenvalue weighted by Crippen LogP contribution is -2.06. The third-order valence-corrected chi connectivity index (χ3v) is 15.9. The molecule has 0 aliphatic heterocycles. The van der Waals surface area contributed by atoms with E-state index in [0.29, 0.717) is 0 Å². The van der Waals surface area contributed by atoms with Crippen LogP contribution in [0.1, 0.15) is 34.6 Å². The maximum Gasteiger partial charge on any atom is 0.160 e. The summed E-state index contributed by atoms with van der Waals surface area (Å²) in [4.78, 5) is 22.2.